The molecule has 0 saturated heterocycles. The van der Waals surface area contributed by atoms with Gasteiger partial charge in [0.05, 0.1) is 6.61 Å². The molecule has 152 valence electrons. The number of halogens is 2. The average Bonchev–Trinajstić information content (AvgIpc) is 2.72. The van der Waals surface area contributed by atoms with Crippen LogP contribution in [0.2, 0.25) is 0 Å². The molecule has 0 atom stereocenters. The lowest BCUT2D eigenvalue weighted by atomic mass is 10.0. The van der Waals surface area contributed by atoms with Gasteiger partial charge in [-0.25, -0.2) is 13.6 Å². The third-order valence-corrected chi connectivity index (χ3v) is 4.57. The van der Waals surface area contributed by atoms with Crippen molar-refractivity contribution in [3.8, 4) is 0 Å². The van der Waals surface area contributed by atoms with Gasteiger partial charge >= 0.3 is 5.69 Å². The molecule has 6 nitrogen and oxygen atoms in total. The maximum Gasteiger partial charge on any atom is 0.366 e. The van der Waals surface area contributed by atoms with Gasteiger partial charge in [0, 0.05) is 17.7 Å². The summed E-state index contributed by atoms with van der Waals surface area (Å²) in [5.41, 5.74) is 0.303. The van der Waals surface area contributed by atoms with E-state index in [9.17, 15) is 23.6 Å². The van der Waals surface area contributed by atoms with Crippen LogP contribution in [0.5, 0.6) is 0 Å². The highest BCUT2D eigenvalue weighted by Gasteiger charge is 2.18. The molecule has 29 heavy (non-hydrogen) atoms. The van der Waals surface area contributed by atoms with Gasteiger partial charge in [0.25, 0.3) is 5.56 Å². The molecular weight excluding hydrogens is 382 g/mol. The molecule has 1 N–H and O–H groups in total. The van der Waals surface area contributed by atoms with Crippen molar-refractivity contribution in [1.29, 1.82) is 0 Å². The van der Waals surface area contributed by atoms with Crippen LogP contribution in [0.25, 0.3) is 0 Å². The second-order valence-electron chi connectivity index (χ2n) is 6.51. The molecule has 0 spiro atoms. The minimum atomic E-state index is -0.909. The summed E-state index contributed by atoms with van der Waals surface area (Å²) in [4.78, 5) is 24.9. The first kappa shape index (κ1) is 20.5. The van der Waals surface area contributed by atoms with E-state index in [2.05, 4.69) is 0 Å². The number of hydrogen-bond donors (Lipinski definition) is 1. The molecule has 0 radical (unpaired) electrons. The van der Waals surface area contributed by atoms with Crippen LogP contribution in [0.4, 0.5) is 8.78 Å². The van der Waals surface area contributed by atoms with Crippen molar-refractivity contribution in [2.45, 2.75) is 33.1 Å². The molecule has 3 rings (SSSR count). The van der Waals surface area contributed by atoms with Crippen LogP contribution in [0.1, 0.15) is 29.3 Å². The quantitative estimate of drug-likeness (QED) is 0.617. The Hall–Kier alpha value is -3.26. The number of ether oxygens (including phenoxy) is 1. The Kier molecular flexibility index (Phi) is 6.23. The Balaban J connectivity index is 1.90. The van der Waals surface area contributed by atoms with Crippen LogP contribution in [0.15, 0.2) is 58.1 Å². The van der Waals surface area contributed by atoms with Gasteiger partial charge in [0.1, 0.15) is 18.4 Å². The predicted octanol–water partition coefficient (Wildman–Crippen LogP) is 2.85. The van der Waals surface area contributed by atoms with Gasteiger partial charge < -0.3 is 9.94 Å². The predicted molar refractivity (Wildman–Crippen MR) is 102 cm³/mol. The Morgan fingerprint density at radius 2 is 1.48 bits per heavy atom. The van der Waals surface area contributed by atoms with Gasteiger partial charge in [0.15, 0.2) is 0 Å². The lowest BCUT2D eigenvalue weighted by Crippen LogP contribution is -2.43. The fourth-order valence-corrected chi connectivity index (χ4v) is 3.09. The molecule has 0 amide bonds. The van der Waals surface area contributed by atoms with E-state index in [4.69, 9.17) is 4.74 Å². The third kappa shape index (κ3) is 4.60. The van der Waals surface area contributed by atoms with Crippen molar-refractivity contribution in [2.24, 2.45) is 0 Å². The molecule has 1 heterocycles. The zero-order valence-corrected chi connectivity index (χ0v) is 15.8. The molecule has 0 unspecified atom stereocenters. The fourth-order valence-electron chi connectivity index (χ4n) is 3.09. The largest absolute Gasteiger partial charge is 0.421 e. The summed E-state index contributed by atoms with van der Waals surface area (Å²) in [6.45, 7) is 1.70. The van der Waals surface area contributed by atoms with E-state index in [0.717, 1.165) is 0 Å². The summed E-state index contributed by atoms with van der Waals surface area (Å²) < 4.78 is 32.9. The lowest BCUT2D eigenvalue weighted by Gasteiger charge is -2.17. The standard InChI is InChI=1S/C21H20F2N2O4/c1-2-19-18(11-14-3-7-16(22)8-4-14)20(26)25(28)21(27)24(19)13-29-12-15-5-9-17(23)10-6-15/h3-10,28H,2,11-13H2,1H3. The maximum absolute atomic E-state index is 13.1. The van der Waals surface area contributed by atoms with Crippen LogP contribution in [0, 0.1) is 11.6 Å². The lowest BCUT2D eigenvalue weighted by molar-refractivity contribution is 0.0498. The molecule has 0 aliphatic heterocycles. The number of nitrogens with zero attached hydrogens (tertiary/aromatic N) is 2. The molecule has 8 heteroatoms. The van der Waals surface area contributed by atoms with E-state index < -0.39 is 17.1 Å². The number of rotatable bonds is 7. The zero-order chi connectivity index (χ0) is 21.0. The van der Waals surface area contributed by atoms with Crippen molar-refractivity contribution >= 4 is 0 Å². The smallest absolute Gasteiger partial charge is 0.366 e. The molecule has 3 aromatic rings. The van der Waals surface area contributed by atoms with Gasteiger partial charge in [-0.3, -0.25) is 9.36 Å². The average molecular weight is 402 g/mol. The van der Waals surface area contributed by atoms with Crippen LogP contribution < -0.4 is 11.2 Å². The SMILES string of the molecule is CCc1c(Cc2ccc(F)cc2)c(=O)n(O)c(=O)n1COCc1ccc(F)cc1. The van der Waals surface area contributed by atoms with Gasteiger partial charge in [-0.1, -0.05) is 35.9 Å². The normalized spacial score (nSPS) is 11.0. The molecule has 0 aliphatic rings. The minimum absolute atomic E-state index is 0.0548. The van der Waals surface area contributed by atoms with Gasteiger partial charge in [-0.05, 0) is 41.8 Å². The van der Waals surface area contributed by atoms with E-state index in [1.165, 1.54) is 41.0 Å². The minimum Gasteiger partial charge on any atom is -0.421 e. The first-order chi connectivity index (χ1) is 13.9. The number of aromatic nitrogens is 2. The summed E-state index contributed by atoms with van der Waals surface area (Å²) in [6, 6.07) is 11.4. The zero-order valence-electron chi connectivity index (χ0n) is 15.8. The van der Waals surface area contributed by atoms with Crippen molar-refractivity contribution in [3.63, 3.8) is 0 Å². The molecule has 0 aliphatic carbocycles. The molecule has 0 fully saturated rings. The van der Waals surface area contributed by atoms with Gasteiger partial charge in [-0.15, -0.1) is 0 Å². The fraction of sp³-hybridized carbons (Fsp3) is 0.238. The summed E-state index contributed by atoms with van der Waals surface area (Å²) in [5, 5.41) is 9.97. The third-order valence-electron chi connectivity index (χ3n) is 4.57. The first-order valence-electron chi connectivity index (χ1n) is 9.04. The van der Waals surface area contributed by atoms with Crippen LogP contribution in [-0.4, -0.2) is 14.5 Å². The topological polar surface area (TPSA) is 73.5 Å². The Morgan fingerprint density at radius 1 is 0.931 bits per heavy atom. The van der Waals surface area contributed by atoms with Crippen molar-refractivity contribution in [2.75, 3.05) is 0 Å². The molecule has 0 bridgehead atoms. The Labute approximate surface area is 165 Å². The second-order valence-corrected chi connectivity index (χ2v) is 6.51. The van der Waals surface area contributed by atoms with E-state index in [-0.39, 0.29) is 35.9 Å². The summed E-state index contributed by atoms with van der Waals surface area (Å²) in [5.74, 6) is -0.765. The molecule has 2 aromatic carbocycles. The molecule has 0 saturated carbocycles. The highest BCUT2D eigenvalue weighted by atomic mass is 19.1. The number of hydrogen-bond acceptors (Lipinski definition) is 4. The van der Waals surface area contributed by atoms with E-state index in [0.29, 0.717) is 23.2 Å². The van der Waals surface area contributed by atoms with Crippen molar-refractivity contribution in [3.05, 3.63) is 103 Å². The van der Waals surface area contributed by atoms with Crippen LogP contribution in [0.3, 0.4) is 0 Å². The van der Waals surface area contributed by atoms with Gasteiger partial charge in [-0.2, -0.15) is 0 Å². The molecular formula is C21H20F2N2O4. The van der Waals surface area contributed by atoms with Crippen molar-refractivity contribution in [1.82, 2.24) is 9.30 Å². The van der Waals surface area contributed by atoms with E-state index >= 15 is 0 Å². The monoisotopic (exact) mass is 402 g/mol. The second kappa shape index (κ2) is 8.83. The first-order valence-corrected chi connectivity index (χ1v) is 9.04. The van der Waals surface area contributed by atoms with Crippen LogP contribution in [-0.2, 0) is 30.9 Å². The summed E-state index contributed by atoms with van der Waals surface area (Å²) in [7, 11) is 0. The highest BCUT2D eigenvalue weighted by molar-refractivity contribution is 5.28. The van der Waals surface area contributed by atoms with Crippen molar-refractivity contribution < 1.29 is 18.7 Å². The maximum atomic E-state index is 13.1. The summed E-state index contributed by atoms with van der Waals surface area (Å²) >= 11 is 0. The van der Waals surface area contributed by atoms with Gasteiger partial charge in [0.2, 0.25) is 0 Å². The van der Waals surface area contributed by atoms with Crippen LogP contribution >= 0.6 is 0 Å². The Bertz CT molecular complexity index is 1100. The van der Waals surface area contributed by atoms with E-state index in [1.807, 2.05) is 0 Å². The van der Waals surface area contributed by atoms with E-state index in [1.54, 1.807) is 19.1 Å². The molecule has 1 aromatic heterocycles. The highest BCUT2D eigenvalue weighted by Crippen LogP contribution is 2.13. The summed E-state index contributed by atoms with van der Waals surface area (Å²) in [6.07, 6.45) is 0.475. The Morgan fingerprint density at radius 3 is 2.03 bits per heavy atom. The number of benzene rings is 2.